The van der Waals surface area contributed by atoms with E-state index in [1.54, 1.807) is 7.11 Å². The Balaban J connectivity index is 1.73. The van der Waals surface area contributed by atoms with Gasteiger partial charge in [-0.1, -0.05) is 18.2 Å². The van der Waals surface area contributed by atoms with E-state index < -0.39 is 0 Å². The lowest BCUT2D eigenvalue weighted by molar-refractivity contribution is 0.235. The fourth-order valence-electron chi connectivity index (χ4n) is 3.54. The van der Waals surface area contributed by atoms with Crippen molar-refractivity contribution in [2.75, 3.05) is 13.7 Å². The van der Waals surface area contributed by atoms with E-state index in [2.05, 4.69) is 33.2 Å². The second-order valence-electron chi connectivity index (χ2n) is 6.46. The molecule has 0 saturated carbocycles. The fourth-order valence-corrected chi connectivity index (χ4v) is 3.54. The second-order valence-corrected chi connectivity index (χ2v) is 6.46. The molecule has 2 aliphatic rings. The van der Waals surface area contributed by atoms with Crippen LogP contribution in [0.15, 0.2) is 29.4 Å². The highest BCUT2D eigenvalue weighted by Gasteiger charge is 2.39. The summed E-state index contributed by atoms with van der Waals surface area (Å²) in [6, 6.07) is 6.79. The molecule has 124 valence electrons. The average Bonchev–Trinajstić information content (AvgIpc) is 2.94. The quantitative estimate of drug-likeness (QED) is 0.914. The van der Waals surface area contributed by atoms with Crippen LogP contribution in [-0.4, -0.2) is 35.2 Å². The minimum Gasteiger partial charge on any atom is -0.480 e. The first kappa shape index (κ1) is 14.9. The molecule has 2 N–H and O–H groups in total. The molecule has 24 heavy (non-hydrogen) atoms. The number of fused-ring (bicyclic) bond motifs is 1. The number of hydrogen-bond donors (Lipinski definition) is 1. The van der Waals surface area contributed by atoms with Crippen LogP contribution in [0.4, 0.5) is 0 Å². The van der Waals surface area contributed by atoms with Crippen LogP contribution in [0.1, 0.15) is 23.4 Å². The van der Waals surface area contributed by atoms with Crippen molar-refractivity contribution in [3.8, 4) is 17.0 Å². The number of aliphatic imine (C=N–C) groups is 1. The molecule has 1 aliphatic carbocycles. The number of nitrogens with zero attached hydrogens (tertiary/aromatic N) is 3. The molecule has 0 saturated heterocycles. The third-order valence-electron chi connectivity index (χ3n) is 4.80. The van der Waals surface area contributed by atoms with Gasteiger partial charge in [0, 0.05) is 12.6 Å². The number of benzene rings is 1. The highest BCUT2D eigenvalue weighted by atomic mass is 16.5. The van der Waals surface area contributed by atoms with Crippen molar-refractivity contribution in [2.45, 2.75) is 31.7 Å². The monoisotopic (exact) mass is 324 g/mol. The predicted molar refractivity (Wildman–Crippen MR) is 91.1 cm³/mol. The number of amidine groups is 1. The van der Waals surface area contributed by atoms with Crippen molar-refractivity contribution >= 4 is 6.02 Å². The highest BCUT2D eigenvalue weighted by Crippen LogP contribution is 2.37. The van der Waals surface area contributed by atoms with E-state index in [4.69, 9.17) is 15.2 Å². The molecule has 0 bridgehead atoms. The molecule has 6 nitrogen and oxygen atoms in total. The maximum Gasteiger partial charge on any atom is 0.282 e. The number of ether oxygens (including phenoxy) is 2. The van der Waals surface area contributed by atoms with Crippen molar-refractivity contribution in [3.63, 3.8) is 0 Å². The Morgan fingerprint density at radius 3 is 2.92 bits per heavy atom. The minimum absolute atomic E-state index is 0.205. The summed E-state index contributed by atoms with van der Waals surface area (Å²) in [5, 5.41) is 0. The minimum atomic E-state index is -0.205. The summed E-state index contributed by atoms with van der Waals surface area (Å²) in [5.74, 6) is 1.29. The molecule has 4 rings (SSSR count). The molecule has 1 aliphatic heterocycles. The largest absolute Gasteiger partial charge is 0.480 e. The number of hydrogen-bond acceptors (Lipinski definition) is 6. The van der Waals surface area contributed by atoms with Crippen LogP contribution in [0, 0.1) is 6.92 Å². The normalized spacial score (nSPS) is 22.0. The Kier molecular flexibility index (Phi) is 3.40. The van der Waals surface area contributed by atoms with Gasteiger partial charge in [-0.3, -0.25) is 0 Å². The van der Waals surface area contributed by atoms with Crippen LogP contribution in [-0.2, 0) is 17.6 Å². The van der Waals surface area contributed by atoms with Crippen molar-refractivity contribution in [3.05, 3.63) is 41.3 Å². The molecule has 0 amide bonds. The summed E-state index contributed by atoms with van der Waals surface area (Å²) in [6.07, 6.45) is 4.61. The van der Waals surface area contributed by atoms with Gasteiger partial charge >= 0.3 is 0 Å². The van der Waals surface area contributed by atoms with E-state index in [0.717, 1.165) is 30.4 Å². The van der Waals surface area contributed by atoms with Gasteiger partial charge in [0.2, 0.25) is 5.88 Å². The fraction of sp³-hybridized carbons (Fsp3) is 0.389. The summed E-state index contributed by atoms with van der Waals surface area (Å²) in [7, 11) is 1.63. The number of aryl methyl sites for hydroxylation is 2. The van der Waals surface area contributed by atoms with Gasteiger partial charge in [-0.25, -0.2) is 9.98 Å². The SMILES string of the molecule is COc1nc(C)ncc1-c1ccc2c(c1)CC1(CC2)COC(N)=N1. The molecular weight excluding hydrogens is 304 g/mol. The lowest BCUT2D eigenvalue weighted by Crippen LogP contribution is -2.35. The Hall–Kier alpha value is -2.63. The molecule has 1 unspecified atom stereocenters. The Morgan fingerprint density at radius 1 is 1.29 bits per heavy atom. The van der Waals surface area contributed by atoms with Gasteiger partial charge in [0.1, 0.15) is 18.0 Å². The van der Waals surface area contributed by atoms with Crippen LogP contribution in [0.2, 0.25) is 0 Å². The third kappa shape index (κ3) is 2.48. The first-order valence-electron chi connectivity index (χ1n) is 8.06. The molecular formula is C18H20N4O2. The van der Waals surface area contributed by atoms with Crippen LogP contribution in [0.5, 0.6) is 5.88 Å². The lowest BCUT2D eigenvalue weighted by atomic mass is 9.78. The van der Waals surface area contributed by atoms with Crippen LogP contribution >= 0.6 is 0 Å². The number of nitrogens with two attached hydrogens (primary N) is 1. The van der Waals surface area contributed by atoms with E-state index in [0.29, 0.717) is 24.3 Å². The Morgan fingerprint density at radius 2 is 2.17 bits per heavy atom. The van der Waals surface area contributed by atoms with E-state index >= 15 is 0 Å². The number of methoxy groups -OCH3 is 1. The summed E-state index contributed by atoms with van der Waals surface area (Å²) in [6.45, 7) is 2.42. The van der Waals surface area contributed by atoms with E-state index in [1.807, 2.05) is 13.1 Å². The standard InChI is InChI=1S/C18H20N4O2/c1-11-20-9-15(16(21-11)23-2)13-4-3-12-5-6-18(8-14(12)7-13)10-24-17(19)22-18/h3-4,7,9H,5-6,8,10H2,1-2H3,(H2,19,22). The molecule has 1 aromatic carbocycles. The molecule has 2 aromatic rings. The molecule has 1 spiro atoms. The lowest BCUT2D eigenvalue weighted by Gasteiger charge is -2.30. The summed E-state index contributed by atoms with van der Waals surface area (Å²) >= 11 is 0. The summed E-state index contributed by atoms with van der Waals surface area (Å²) in [4.78, 5) is 13.2. The van der Waals surface area contributed by atoms with E-state index in [9.17, 15) is 0 Å². The van der Waals surface area contributed by atoms with Gasteiger partial charge in [0.25, 0.3) is 6.02 Å². The van der Waals surface area contributed by atoms with Gasteiger partial charge in [0.05, 0.1) is 12.7 Å². The molecule has 0 fully saturated rings. The first-order valence-corrected chi connectivity index (χ1v) is 8.06. The van der Waals surface area contributed by atoms with Crippen LogP contribution < -0.4 is 10.5 Å². The molecule has 6 heteroatoms. The van der Waals surface area contributed by atoms with Gasteiger partial charge in [0.15, 0.2) is 0 Å². The molecule has 2 heterocycles. The second kappa shape index (κ2) is 5.47. The smallest absolute Gasteiger partial charge is 0.282 e. The number of rotatable bonds is 2. The average molecular weight is 324 g/mol. The van der Waals surface area contributed by atoms with Gasteiger partial charge in [-0.05, 0) is 36.5 Å². The Bertz CT molecular complexity index is 834. The summed E-state index contributed by atoms with van der Waals surface area (Å²) < 4.78 is 10.8. The topological polar surface area (TPSA) is 82.6 Å². The maximum atomic E-state index is 5.73. The molecule has 1 atom stereocenters. The van der Waals surface area contributed by atoms with Crippen LogP contribution in [0.3, 0.4) is 0 Å². The molecule has 1 aromatic heterocycles. The Labute approximate surface area is 140 Å². The zero-order chi connectivity index (χ0) is 16.7. The van der Waals surface area contributed by atoms with Gasteiger partial charge in [-0.2, -0.15) is 4.98 Å². The molecule has 0 radical (unpaired) electrons. The zero-order valence-corrected chi connectivity index (χ0v) is 13.9. The van der Waals surface area contributed by atoms with Gasteiger partial charge < -0.3 is 15.2 Å². The third-order valence-corrected chi connectivity index (χ3v) is 4.80. The first-order chi connectivity index (χ1) is 11.6. The van der Waals surface area contributed by atoms with E-state index in [-0.39, 0.29) is 5.54 Å². The van der Waals surface area contributed by atoms with Crippen LogP contribution in [0.25, 0.3) is 11.1 Å². The highest BCUT2D eigenvalue weighted by molar-refractivity contribution is 5.74. The number of aromatic nitrogens is 2. The predicted octanol–water partition coefficient (Wildman–Crippen LogP) is 2.03. The van der Waals surface area contributed by atoms with Gasteiger partial charge in [-0.15, -0.1) is 0 Å². The van der Waals surface area contributed by atoms with E-state index in [1.165, 1.54) is 11.1 Å². The van der Waals surface area contributed by atoms with Crippen molar-refractivity contribution in [1.82, 2.24) is 9.97 Å². The maximum absolute atomic E-state index is 5.73. The van der Waals surface area contributed by atoms with Crippen molar-refractivity contribution < 1.29 is 9.47 Å². The van der Waals surface area contributed by atoms with Crippen molar-refractivity contribution in [1.29, 1.82) is 0 Å². The zero-order valence-electron chi connectivity index (χ0n) is 13.9. The van der Waals surface area contributed by atoms with Crippen molar-refractivity contribution in [2.24, 2.45) is 10.7 Å². The summed E-state index contributed by atoms with van der Waals surface area (Å²) in [5.41, 5.74) is 10.1.